The first kappa shape index (κ1) is 45.0. The molecule has 0 aromatic heterocycles. The first-order chi connectivity index (χ1) is 27.0. The van der Waals surface area contributed by atoms with Gasteiger partial charge in [0.05, 0.1) is 35.5 Å². The van der Waals surface area contributed by atoms with Gasteiger partial charge in [-0.05, 0) is 48.9 Å². The molecule has 0 radical (unpaired) electrons. The summed E-state index contributed by atoms with van der Waals surface area (Å²) < 4.78 is 68.0. The topological polar surface area (TPSA) is 196 Å². The predicted octanol–water partition coefficient (Wildman–Crippen LogP) is 5.19. The fourth-order valence-electron chi connectivity index (χ4n) is 5.55. The van der Waals surface area contributed by atoms with Gasteiger partial charge >= 0.3 is 29.8 Å². The van der Waals surface area contributed by atoms with E-state index in [-0.39, 0.29) is 46.7 Å². The van der Waals surface area contributed by atoms with Crippen LogP contribution in [-0.2, 0) is 42.9 Å². The van der Waals surface area contributed by atoms with Crippen molar-refractivity contribution in [1.29, 1.82) is 0 Å². The molecule has 3 aromatic carbocycles. The van der Waals surface area contributed by atoms with Crippen molar-refractivity contribution in [3.05, 3.63) is 59.2 Å². The number of rotatable bonds is 20. The van der Waals surface area contributed by atoms with Gasteiger partial charge in [-0.15, -0.1) is 0 Å². The van der Waals surface area contributed by atoms with Gasteiger partial charge < -0.3 is 56.8 Å². The SMILES string of the molecule is COc1cc(C(OC(C)=O)C(COC(C)=O)Oc2c(OC)cc(C)cc2OC)ccc1OC(COC(C)=O)C(OC(C)=O)c1cc(OC)c(OC(C)=O)c(OC)c1. The summed E-state index contributed by atoms with van der Waals surface area (Å²) in [5.74, 6) is -2.28. The van der Waals surface area contributed by atoms with Crippen molar-refractivity contribution in [2.75, 3.05) is 48.8 Å². The van der Waals surface area contributed by atoms with Crippen LogP contribution in [0.3, 0.4) is 0 Å². The molecule has 3 rings (SSSR count). The molecule has 0 aliphatic carbocycles. The molecule has 4 unspecified atom stereocenters. The quantitative estimate of drug-likeness (QED) is 0.0821. The number of hydrogen-bond donors (Lipinski definition) is 0. The lowest BCUT2D eigenvalue weighted by Crippen LogP contribution is -2.35. The maximum absolute atomic E-state index is 12.6. The average molecular weight is 801 g/mol. The monoisotopic (exact) mass is 800 g/mol. The highest BCUT2D eigenvalue weighted by Crippen LogP contribution is 2.44. The third-order valence-electron chi connectivity index (χ3n) is 7.89. The molecule has 0 heterocycles. The second kappa shape index (κ2) is 21.1. The van der Waals surface area contributed by atoms with Gasteiger partial charge in [0.2, 0.25) is 11.5 Å². The summed E-state index contributed by atoms with van der Waals surface area (Å²) in [5.41, 5.74) is 1.38. The van der Waals surface area contributed by atoms with E-state index in [1.165, 1.54) is 94.4 Å². The van der Waals surface area contributed by atoms with Gasteiger partial charge in [-0.3, -0.25) is 24.0 Å². The van der Waals surface area contributed by atoms with Crippen LogP contribution in [0.5, 0.6) is 46.0 Å². The first-order valence-electron chi connectivity index (χ1n) is 17.3. The van der Waals surface area contributed by atoms with E-state index in [1.807, 2.05) is 6.92 Å². The van der Waals surface area contributed by atoms with E-state index >= 15 is 0 Å². The van der Waals surface area contributed by atoms with Crippen LogP contribution in [0.15, 0.2) is 42.5 Å². The van der Waals surface area contributed by atoms with Gasteiger partial charge in [-0.2, -0.15) is 0 Å². The minimum Gasteiger partial charge on any atom is -0.493 e. The second-order valence-corrected chi connectivity index (χ2v) is 12.2. The van der Waals surface area contributed by atoms with Crippen molar-refractivity contribution in [2.24, 2.45) is 0 Å². The minimum atomic E-state index is -1.28. The Morgan fingerprint density at radius 1 is 0.474 bits per heavy atom. The predicted molar refractivity (Wildman–Crippen MR) is 199 cm³/mol. The lowest BCUT2D eigenvalue weighted by atomic mass is 10.0. The van der Waals surface area contributed by atoms with Crippen molar-refractivity contribution >= 4 is 29.8 Å². The zero-order chi connectivity index (χ0) is 42.4. The Hall–Kier alpha value is -6.39. The van der Waals surface area contributed by atoms with Gasteiger partial charge in [-0.1, -0.05) is 6.07 Å². The number of hydrogen-bond acceptors (Lipinski definition) is 17. The molecule has 0 aliphatic rings. The summed E-state index contributed by atoms with van der Waals surface area (Å²) >= 11 is 0. The molecule has 17 heteroatoms. The Morgan fingerprint density at radius 3 is 1.32 bits per heavy atom. The van der Waals surface area contributed by atoms with Gasteiger partial charge in [0, 0.05) is 45.7 Å². The summed E-state index contributed by atoms with van der Waals surface area (Å²) in [4.78, 5) is 61.0. The van der Waals surface area contributed by atoms with Gasteiger partial charge in [-0.25, -0.2) is 0 Å². The van der Waals surface area contributed by atoms with Crippen LogP contribution in [0.1, 0.15) is 63.5 Å². The highest BCUT2D eigenvalue weighted by molar-refractivity contribution is 5.73. The third kappa shape index (κ3) is 12.6. The van der Waals surface area contributed by atoms with Crippen molar-refractivity contribution < 1.29 is 80.8 Å². The Morgan fingerprint density at radius 2 is 0.895 bits per heavy atom. The molecule has 0 N–H and O–H groups in total. The highest BCUT2D eigenvalue weighted by atomic mass is 16.6. The molecule has 0 saturated heterocycles. The van der Waals surface area contributed by atoms with E-state index in [2.05, 4.69) is 0 Å². The number of esters is 5. The molecule has 310 valence electrons. The van der Waals surface area contributed by atoms with E-state index in [4.69, 9.17) is 56.8 Å². The zero-order valence-electron chi connectivity index (χ0n) is 33.7. The van der Waals surface area contributed by atoms with E-state index < -0.39 is 60.9 Å². The molecule has 0 saturated carbocycles. The maximum Gasteiger partial charge on any atom is 0.308 e. The highest BCUT2D eigenvalue weighted by Gasteiger charge is 2.35. The summed E-state index contributed by atoms with van der Waals surface area (Å²) in [6.07, 6.45) is -4.90. The largest absolute Gasteiger partial charge is 0.493 e. The van der Waals surface area contributed by atoms with Gasteiger partial charge in [0.15, 0.2) is 58.9 Å². The van der Waals surface area contributed by atoms with Crippen molar-refractivity contribution in [3.8, 4) is 46.0 Å². The van der Waals surface area contributed by atoms with Crippen LogP contribution in [0.4, 0.5) is 0 Å². The van der Waals surface area contributed by atoms with E-state index in [1.54, 1.807) is 18.2 Å². The first-order valence-corrected chi connectivity index (χ1v) is 17.3. The molecule has 0 fully saturated rings. The second-order valence-electron chi connectivity index (χ2n) is 12.2. The molecule has 0 aliphatic heterocycles. The minimum absolute atomic E-state index is 0.0230. The standard InChI is InChI=1S/C40H48O17/c1-21-14-31(47-8)40(32(15-21)48-9)57-36(20-52-23(3)42)37(53-24(4)43)27-12-13-29(30(16-27)46-7)56-35(19-51-22(2)41)38(54-25(5)44)28-17-33(49-10)39(55-26(6)45)34(18-28)50-11/h12-18,35-38H,19-20H2,1-11H3. The number of ether oxygens (including phenoxy) is 12. The summed E-state index contributed by atoms with van der Waals surface area (Å²) in [7, 11) is 6.92. The molecule has 4 atom stereocenters. The van der Waals surface area contributed by atoms with E-state index in [0.717, 1.165) is 5.56 Å². The van der Waals surface area contributed by atoms with Crippen LogP contribution >= 0.6 is 0 Å². The van der Waals surface area contributed by atoms with Gasteiger partial charge in [0.1, 0.15) is 13.2 Å². The lowest BCUT2D eigenvalue weighted by Gasteiger charge is -2.30. The molecular weight excluding hydrogens is 752 g/mol. The number of aryl methyl sites for hydroxylation is 1. The van der Waals surface area contributed by atoms with Crippen molar-refractivity contribution in [2.45, 2.75) is 66.0 Å². The molecule has 0 amide bonds. The number of methoxy groups -OCH3 is 5. The normalized spacial score (nSPS) is 12.7. The maximum atomic E-state index is 12.6. The summed E-state index contributed by atoms with van der Waals surface area (Å²) in [6.45, 7) is 7.04. The van der Waals surface area contributed by atoms with Crippen LogP contribution in [0.2, 0.25) is 0 Å². The Kier molecular flexibility index (Phi) is 16.6. The van der Waals surface area contributed by atoms with Crippen LogP contribution in [-0.4, -0.2) is 90.8 Å². The zero-order valence-corrected chi connectivity index (χ0v) is 33.7. The smallest absolute Gasteiger partial charge is 0.308 e. The molecule has 0 bridgehead atoms. The Balaban J connectivity index is 2.18. The molecular formula is C40H48O17. The summed E-state index contributed by atoms with van der Waals surface area (Å²) in [6, 6.07) is 10.9. The van der Waals surface area contributed by atoms with Crippen LogP contribution in [0, 0.1) is 6.92 Å². The Labute approximate surface area is 330 Å². The number of benzene rings is 3. The lowest BCUT2D eigenvalue weighted by molar-refractivity contribution is -0.159. The van der Waals surface area contributed by atoms with E-state index in [0.29, 0.717) is 17.1 Å². The fourth-order valence-corrected chi connectivity index (χ4v) is 5.55. The van der Waals surface area contributed by atoms with Crippen molar-refractivity contribution in [1.82, 2.24) is 0 Å². The fraction of sp³-hybridized carbons (Fsp3) is 0.425. The van der Waals surface area contributed by atoms with Gasteiger partial charge in [0.25, 0.3) is 0 Å². The Bertz CT molecular complexity index is 1850. The number of carbonyl (C=O) groups is 5. The van der Waals surface area contributed by atoms with Crippen LogP contribution < -0.4 is 37.9 Å². The number of carbonyl (C=O) groups excluding carboxylic acids is 5. The molecule has 0 spiro atoms. The summed E-state index contributed by atoms with van der Waals surface area (Å²) in [5, 5.41) is 0. The average Bonchev–Trinajstić information content (AvgIpc) is 3.16. The van der Waals surface area contributed by atoms with E-state index in [9.17, 15) is 24.0 Å². The third-order valence-corrected chi connectivity index (χ3v) is 7.89. The van der Waals surface area contributed by atoms with Crippen molar-refractivity contribution in [3.63, 3.8) is 0 Å². The molecule has 3 aromatic rings. The van der Waals surface area contributed by atoms with Crippen LogP contribution in [0.25, 0.3) is 0 Å². The molecule has 57 heavy (non-hydrogen) atoms. The molecule has 17 nitrogen and oxygen atoms in total.